The number of phenolic OH excluding ortho intramolecular Hbond substituents is 1. The summed E-state index contributed by atoms with van der Waals surface area (Å²) in [6.45, 7) is -0.567. The van der Waals surface area contributed by atoms with Crippen LogP contribution in [0.1, 0.15) is 33.6 Å². The Morgan fingerprint density at radius 2 is 1.86 bits per heavy atom. The number of aromatic hydroxyl groups is 1. The van der Waals surface area contributed by atoms with Gasteiger partial charge in [-0.3, -0.25) is 9.59 Å². The minimum absolute atomic E-state index is 0.0854. The average molecular weight is 384 g/mol. The van der Waals surface area contributed by atoms with Gasteiger partial charge in [-0.15, -0.1) is 0 Å². The molecule has 1 aliphatic rings. The van der Waals surface area contributed by atoms with Crippen molar-refractivity contribution in [3.63, 3.8) is 0 Å². The van der Waals surface area contributed by atoms with Gasteiger partial charge in [0.05, 0.1) is 18.4 Å². The largest absolute Gasteiger partial charge is 0.507 e. The molecular formula is C20H20N2O6. The van der Waals surface area contributed by atoms with E-state index in [9.17, 15) is 19.5 Å². The third kappa shape index (κ3) is 4.79. The first-order valence-electron chi connectivity index (χ1n) is 8.72. The number of para-hydroxylation sites is 1. The van der Waals surface area contributed by atoms with Gasteiger partial charge >= 0.3 is 5.97 Å². The number of ether oxygens (including phenoxy) is 2. The minimum atomic E-state index is -0.852. The van der Waals surface area contributed by atoms with E-state index in [0.717, 1.165) is 12.8 Å². The Labute approximate surface area is 161 Å². The fourth-order valence-corrected chi connectivity index (χ4v) is 2.49. The van der Waals surface area contributed by atoms with Crippen molar-refractivity contribution in [2.75, 3.05) is 19.0 Å². The zero-order chi connectivity index (χ0) is 20.1. The van der Waals surface area contributed by atoms with E-state index in [1.54, 1.807) is 24.3 Å². The van der Waals surface area contributed by atoms with E-state index in [1.807, 2.05) is 0 Å². The molecule has 1 aliphatic carbocycles. The number of hydrogen-bond acceptors (Lipinski definition) is 6. The summed E-state index contributed by atoms with van der Waals surface area (Å²) in [7, 11) is 1.43. The summed E-state index contributed by atoms with van der Waals surface area (Å²) in [4.78, 5) is 36.5. The first-order valence-corrected chi connectivity index (χ1v) is 8.72. The van der Waals surface area contributed by atoms with Crippen molar-refractivity contribution in [2.45, 2.75) is 18.9 Å². The molecule has 1 saturated carbocycles. The van der Waals surface area contributed by atoms with E-state index in [2.05, 4.69) is 10.6 Å². The Morgan fingerprint density at radius 1 is 1.11 bits per heavy atom. The molecule has 28 heavy (non-hydrogen) atoms. The second-order valence-electron chi connectivity index (χ2n) is 6.30. The number of amides is 2. The van der Waals surface area contributed by atoms with E-state index in [1.165, 1.54) is 25.3 Å². The van der Waals surface area contributed by atoms with Crippen molar-refractivity contribution in [2.24, 2.45) is 0 Å². The van der Waals surface area contributed by atoms with Gasteiger partial charge in [0.25, 0.3) is 11.8 Å². The molecule has 8 nitrogen and oxygen atoms in total. The number of nitrogens with one attached hydrogen (secondary N) is 2. The van der Waals surface area contributed by atoms with Crippen molar-refractivity contribution in [1.29, 1.82) is 0 Å². The molecule has 1 fully saturated rings. The van der Waals surface area contributed by atoms with Gasteiger partial charge in [-0.05, 0) is 37.1 Å². The van der Waals surface area contributed by atoms with Gasteiger partial charge in [0, 0.05) is 12.1 Å². The van der Waals surface area contributed by atoms with Crippen LogP contribution < -0.4 is 15.4 Å². The van der Waals surface area contributed by atoms with Crippen molar-refractivity contribution >= 4 is 23.5 Å². The Balaban J connectivity index is 1.59. The Bertz CT molecular complexity index is 907. The molecular weight excluding hydrogens is 364 g/mol. The molecule has 0 spiro atoms. The highest BCUT2D eigenvalue weighted by Gasteiger charge is 2.25. The molecule has 0 bridgehead atoms. The van der Waals surface area contributed by atoms with Crippen molar-refractivity contribution in [3.05, 3.63) is 53.6 Å². The lowest BCUT2D eigenvalue weighted by atomic mass is 10.1. The molecule has 3 N–H and O–H groups in total. The van der Waals surface area contributed by atoms with Crippen LogP contribution in [0.25, 0.3) is 0 Å². The molecule has 0 atom stereocenters. The van der Waals surface area contributed by atoms with Gasteiger partial charge in [-0.25, -0.2) is 4.79 Å². The monoisotopic (exact) mass is 384 g/mol. The average Bonchev–Trinajstić information content (AvgIpc) is 3.50. The van der Waals surface area contributed by atoms with Crippen LogP contribution in [0.2, 0.25) is 0 Å². The molecule has 3 rings (SSSR count). The molecule has 8 heteroatoms. The van der Waals surface area contributed by atoms with Crippen LogP contribution >= 0.6 is 0 Å². The number of esters is 1. The highest BCUT2D eigenvalue weighted by molar-refractivity contribution is 6.04. The molecule has 0 aromatic heterocycles. The SMILES string of the molecule is COc1ccc(C(=O)OCC(=O)Nc2ccccc2C(=O)NC2CC2)c(O)c1. The molecule has 0 saturated heterocycles. The summed E-state index contributed by atoms with van der Waals surface area (Å²) >= 11 is 0. The van der Waals surface area contributed by atoms with E-state index in [0.29, 0.717) is 17.0 Å². The maximum atomic E-state index is 12.3. The van der Waals surface area contributed by atoms with E-state index in [-0.39, 0.29) is 23.3 Å². The van der Waals surface area contributed by atoms with Gasteiger partial charge in [0.1, 0.15) is 17.1 Å². The van der Waals surface area contributed by atoms with E-state index < -0.39 is 18.5 Å². The van der Waals surface area contributed by atoms with Gasteiger partial charge in [-0.1, -0.05) is 12.1 Å². The first kappa shape index (κ1) is 19.2. The predicted octanol–water partition coefficient (Wildman–Crippen LogP) is 2.09. The third-order valence-corrected chi connectivity index (χ3v) is 4.12. The van der Waals surface area contributed by atoms with Crippen molar-refractivity contribution < 1.29 is 29.0 Å². The highest BCUT2D eigenvalue weighted by atomic mass is 16.5. The van der Waals surface area contributed by atoms with Crippen LogP contribution in [-0.4, -0.2) is 42.6 Å². The van der Waals surface area contributed by atoms with E-state index >= 15 is 0 Å². The fraction of sp³-hybridized carbons (Fsp3) is 0.250. The summed E-state index contributed by atoms with van der Waals surface area (Å²) < 4.78 is 9.88. The second kappa shape index (κ2) is 8.43. The van der Waals surface area contributed by atoms with Crippen LogP contribution in [0, 0.1) is 0 Å². The van der Waals surface area contributed by atoms with Gasteiger partial charge in [0.2, 0.25) is 0 Å². The lowest BCUT2D eigenvalue weighted by Gasteiger charge is -2.12. The maximum absolute atomic E-state index is 12.3. The molecule has 0 aliphatic heterocycles. The van der Waals surface area contributed by atoms with Gasteiger partial charge in [-0.2, -0.15) is 0 Å². The van der Waals surface area contributed by atoms with Gasteiger partial charge in [0.15, 0.2) is 6.61 Å². The first-order chi connectivity index (χ1) is 13.5. The lowest BCUT2D eigenvalue weighted by molar-refractivity contribution is -0.119. The maximum Gasteiger partial charge on any atom is 0.342 e. The number of rotatable bonds is 7. The number of carbonyl (C=O) groups is 3. The summed E-state index contributed by atoms with van der Waals surface area (Å²) in [6, 6.07) is 10.9. The summed E-state index contributed by atoms with van der Waals surface area (Å²) in [5.74, 6) is -1.65. The van der Waals surface area contributed by atoms with Crippen LogP contribution in [0.3, 0.4) is 0 Å². The summed E-state index contributed by atoms with van der Waals surface area (Å²) in [5, 5.41) is 15.3. The summed E-state index contributed by atoms with van der Waals surface area (Å²) in [5.41, 5.74) is 0.577. The topological polar surface area (TPSA) is 114 Å². The zero-order valence-corrected chi connectivity index (χ0v) is 15.2. The smallest absolute Gasteiger partial charge is 0.342 e. The quantitative estimate of drug-likeness (QED) is 0.630. The van der Waals surface area contributed by atoms with Crippen LogP contribution in [0.4, 0.5) is 5.69 Å². The number of hydrogen-bond donors (Lipinski definition) is 3. The summed E-state index contributed by atoms with van der Waals surface area (Å²) in [6.07, 6.45) is 1.91. The predicted molar refractivity (Wildman–Crippen MR) is 101 cm³/mol. The second-order valence-corrected chi connectivity index (χ2v) is 6.30. The molecule has 2 amide bonds. The van der Waals surface area contributed by atoms with Crippen LogP contribution in [0.5, 0.6) is 11.5 Å². The van der Waals surface area contributed by atoms with Crippen molar-refractivity contribution in [1.82, 2.24) is 5.32 Å². The number of benzene rings is 2. The minimum Gasteiger partial charge on any atom is -0.507 e. The number of carbonyl (C=O) groups excluding carboxylic acids is 3. The number of phenols is 1. The third-order valence-electron chi connectivity index (χ3n) is 4.12. The molecule has 0 radical (unpaired) electrons. The Morgan fingerprint density at radius 3 is 2.54 bits per heavy atom. The molecule has 0 heterocycles. The highest BCUT2D eigenvalue weighted by Crippen LogP contribution is 2.24. The molecule has 2 aromatic carbocycles. The normalized spacial score (nSPS) is 12.8. The van der Waals surface area contributed by atoms with Crippen molar-refractivity contribution in [3.8, 4) is 11.5 Å². The van der Waals surface area contributed by atoms with Crippen LogP contribution in [-0.2, 0) is 9.53 Å². The Kier molecular flexibility index (Phi) is 5.78. The van der Waals surface area contributed by atoms with Gasteiger partial charge < -0.3 is 25.2 Å². The number of methoxy groups -OCH3 is 1. The molecule has 0 unspecified atom stereocenters. The fourth-order valence-electron chi connectivity index (χ4n) is 2.49. The molecule has 146 valence electrons. The lowest BCUT2D eigenvalue weighted by Crippen LogP contribution is -2.28. The Hall–Kier alpha value is -3.55. The van der Waals surface area contributed by atoms with E-state index in [4.69, 9.17) is 9.47 Å². The zero-order valence-electron chi connectivity index (χ0n) is 15.2. The standard InChI is InChI=1S/C20H20N2O6/c1-27-13-8-9-15(17(23)10-13)20(26)28-11-18(24)22-16-5-3-2-4-14(16)19(25)21-12-6-7-12/h2-5,8-10,12,23H,6-7,11H2,1H3,(H,21,25)(H,22,24). The number of anilines is 1. The molecule has 2 aromatic rings. The van der Waals surface area contributed by atoms with Crippen LogP contribution in [0.15, 0.2) is 42.5 Å².